The molecular weight excluding hydrogens is 302 g/mol. The molecule has 0 bridgehead atoms. The van der Waals surface area contributed by atoms with Crippen LogP contribution in [0.5, 0.6) is 5.75 Å². The van der Waals surface area contributed by atoms with Crippen LogP contribution >= 0.6 is 11.6 Å². The molecule has 0 atom stereocenters. The fourth-order valence-electron chi connectivity index (χ4n) is 1.44. The number of nitrogens with one attached hydrogen (secondary N) is 1. The van der Waals surface area contributed by atoms with Gasteiger partial charge in [-0.25, -0.2) is 13.1 Å². The van der Waals surface area contributed by atoms with Crippen LogP contribution in [0.4, 0.5) is 5.69 Å². The molecule has 0 fully saturated rings. The van der Waals surface area contributed by atoms with Gasteiger partial charge in [-0.15, -0.1) is 0 Å². The van der Waals surface area contributed by atoms with E-state index in [1.54, 1.807) is 37.4 Å². The molecule has 0 spiro atoms. The minimum atomic E-state index is -3.29. The predicted molar refractivity (Wildman–Crippen MR) is 77.4 cm³/mol. The summed E-state index contributed by atoms with van der Waals surface area (Å²) in [5.74, 6) is 0.626. The summed E-state index contributed by atoms with van der Waals surface area (Å²) in [4.78, 5) is 0. The van der Waals surface area contributed by atoms with Crippen LogP contribution < -0.4 is 9.46 Å². The van der Waals surface area contributed by atoms with E-state index in [2.05, 4.69) is 9.82 Å². The van der Waals surface area contributed by atoms with Gasteiger partial charge >= 0.3 is 0 Å². The lowest BCUT2D eigenvalue weighted by Crippen LogP contribution is -2.14. The lowest BCUT2D eigenvalue weighted by Gasteiger charge is -2.06. The summed E-state index contributed by atoms with van der Waals surface area (Å²) < 4.78 is 32.2. The Hall–Kier alpha value is -1.73. The van der Waals surface area contributed by atoms with E-state index in [1.165, 1.54) is 10.9 Å². The molecular formula is C12H14ClN3O3S. The van der Waals surface area contributed by atoms with Gasteiger partial charge in [0.05, 0.1) is 23.8 Å². The van der Waals surface area contributed by atoms with Crippen LogP contribution in [0.15, 0.2) is 36.7 Å². The molecule has 6 nitrogen and oxygen atoms in total. The van der Waals surface area contributed by atoms with E-state index in [4.69, 9.17) is 16.3 Å². The summed E-state index contributed by atoms with van der Waals surface area (Å²) in [6.07, 6.45) is 2.98. The first-order valence-electron chi connectivity index (χ1n) is 5.90. The molecule has 0 amide bonds. The Morgan fingerprint density at radius 3 is 2.95 bits per heavy atom. The zero-order chi connectivity index (χ0) is 14.6. The average molecular weight is 316 g/mol. The Bertz CT molecular complexity index is 685. The quantitative estimate of drug-likeness (QED) is 0.888. The summed E-state index contributed by atoms with van der Waals surface area (Å²) in [6.45, 7) is 1.73. The summed E-state index contributed by atoms with van der Waals surface area (Å²) in [5, 5.41) is 4.59. The maximum atomic E-state index is 11.4. The Kier molecular flexibility index (Phi) is 4.51. The van der Waals surface area contributed by atoms with Crippen molar-refractivity contribution in [1.82, 2.24) is 9.78 Å². The number of aromatic nitrogens is 2. The van der Waals surface area contributed by atoms with E-state index >= 15 is 0 Å². The molecule has 1 aromatic heterocycles. The molecule has 0 aliphatic carbocycles. The second-order valence-electron chi connectivity index (χ2n) is 4.00. The highest BCUT2D eigenvalue weighted by atomic mass is 35.5. The normalized spacial score (nSPS) is 11.3. The second kappa shape index (κ2) is 6.15. The van der Waals surface area contributed by atoms with Crippen molar-refractivity contribution in [3.05, 3.63) is 41.7 Å². The van der Waals surface area contributed by atoms with E-state index in [-0.39, 0.29) is 12.5 Å². The number of hydrogen-bond donors (Lipinski definition) is 1. The molecule has 0 saturated carbocycles. The first kappa shape index (κ1) is 14.7. The number of ether oxygens (including phenoxy) is 1. The van der Waals surface area contributed by atoms with Gasteiger partial charge in [-0.05, 0) is 25.1 Å². The fraction of sp³-hybridized carbons (Fsp3) is 0.250. The number of rotatable bonds is 6. The van der Waals surface area contributed by atoms with Gasteiger partial charge < -0.3 is 4.74 Å². The molecule has 0 aliphatic rings. The molecule has 0 unspecified atom stereocenters. The molecule has 0 saturated heterocycles. The van der Waals surface area contributed by atoms with E-state index in [0.29, 0.717) is 16.5 Å². The van der Waals surface area contributed by atoms with Crippen molar-refractivity contribution in [2.75, 3.05) is 10.5 Å². The lowest BCUT2D eigenvalue weighted by molar-refractivity contribution is 0.221. The van der Waals surface area contributed by atoms with Crippen LogP contribution in [0.1, 0.15) is 6.92 Å². The van der Waals surface area contributed by atoms with E-state index in [9.17, 15) is 8.42 Å². The third-order valence-electron chi connectivity index (χ3n) is 2.45. The van der Waals surface area contributed by atoms with Crippen LogP contribution in [0, 0.1) is 0 Å². The van der Waals surface area contributed by atoms with Gasteiger partial charge in [-0.1, -0.05) is 17.7 Å². The topological polar surface area (TPSA) is 73.2 Å². The van der Waals surface area contributed by atoms with Crippen LogP contribution in [0.25, 0.3) is 0 Å². The summed E-state index contributed by atoms with van der Waals surface area (Å²) in [6, 6.07) is 6.99. The number of hydrogen-bond acceptors (Lipinski definition) is 4. The number of nitrogens with zero attached hydrogens (tertiary/aromatic N) is 2. The van der Waals surface area contributed by atoms with Gasteiger partial charge in [0.15, 0.2) is 6.73 Å². The van der Waals surface area contributed by atoms with E-state index in [1.807, 2.05) is 0 Å². The minimum Gasteiger partial charge on any atom is -0.471 e. The van der Waals surface area contributed by atoms with E-state index in [0.717, 1.165) is 0 Å². The van der Waals surface area contributed by atoms with Crippen LogP contribution in [0.2, 0.25) is 5.02 Å². The van der Waals surface area contributed by atoms with Gasteiger partial charge in [-0.2, -0.15) is 5.10 Å². The first-order valence-corrected chi connectivity index (χ1v) is 7.93. The van der Waals surface area contributed by atoms with Crippen LogP contribution in [-0.4, -0.2) is 24.0 Å². The Labute approximate surface area is 122 Å². The molecule has 1 heterocycles. The maximum Gasteiger partial charge on any atom is 0.232 e. The highest BCUT2D eigenvalue weighted by molar-refractivity contribution is 7.92. The summed E-state index contributed by atoms with van der Waals surface area (Å²) in [7, 11) is -3.29. The molecule has 20 heavy (non-hydrogen) atoms. The van der Waals surface area contributed by atoms with Gasteiger partial charge in [-0.3, -0.25) is 4.72 Å². The van der Waals surface area contributed by atoms with Crippen molar-refractivity contribution in [2.45, 2.75) is 13.7 Å². The maximum absolute atomic E-state index is 11.4. The molecule has 1 N–H and O–H groups in total. The highest BCUT2D eigenvalue weighted by Crippen LogP contribution is 2.17. The Morgan fingerprint density at radius 1 is 1.45 bits per heavy atom. The number of benzene rings is 1. The molecule has 0 radical (unpaired) electrons. The van der Waals surface area contributed by atoms with Crippen molar-refractivity contribution in [1.29, 1.82) is 0 Å². The van der Waals surface area contributed by atoms with E-state index < -0.39 is 10.0 Å². The minimum absolute atomic E-state index is 0.0111. The van der Waals surface area contributed by atoms with Crippen molar-refractivity contribution in [2.24, 2.45) is 0 Å². The third-order valence-corrected chi connectivity index (χ3v) is 3.99. The van der Waals surface area contributed by atoms with Gasteiger partial charge in [0, 0.05) is 5.02 Å². The van der Waals surface area contributed by atoms with Gasteiger partial charge in [0.2, 0.25) is 10.0 Å². The second-order valence-corrected chi connectivity index (χ2v) is 6.45. The summed E-state index contributed by atoms with van der Waals surface area (Å²) in [5.41, 5.74) is 0.404. The largest absolute Gasteiger partial charge is 0.471 e. The first-order chi connectivity index (χ1) is 9.48. The van der Waals surface area contributed by atoms with Crippen molar-refractivity contribution in [3.63, 3.8) is 0 Å². The number of sulfonamides is 1. The van der Waals surface area contributed by atoms with Crippen LogP contribution in [-0.2, 0) is 16.8 Å². The lowest BCUT2D eigenvalue weighted by atomic mass is 10.3. The monoisotopic (exact) mass is 315 g/mol. The SMILES string of the molecule is CCS(=O)(=O)Nc1cnn(COc2cccc(Cl)c2)c1. The molecule has 2 rings (SSSR count). The standard InChI is InChI=1S/C12H14ClN3O3S/c1-2-20(17,18)15-11-7-14-16(8-11)9-19-12-5-3-4-10(13)6-12/h3-8,15H,2,9H2,1H3. The molecule has 108 valence electrons. The van der Waals surface area contributed by atoms with Crippen molar-refractivity contribution in [3.8, 4) is 5.75 Å². The number of anilines is 1. The van der Waals surface area contributed by atoms with Crippen molar-refractivity contribution >= 4 is 27.3 Å². The fourth-order valence-corrected chi connectivity index (χ4v) is 2.23. The van der Waals surface area contributed by atoms with Crippen LogP contribution in [0.3, 0.4) is 0 Å². The van der Waals surface area contributed by atoms with Gasteiger partial charge in [0.1, 0.15) is 5.75 Å². The Balaban J connectivity index is 1.96. The average Bonchev–Trinajstić information content (AvgIpc) is 2.83. The molecule has 1 aromatic carbocycles. The predicted octanol–water partition coefficient (Wildman–Crippen LogP) is 2.33. The smallest absolute Gasteiger partial charge is 0.232 e. The van der Waals surface area contributed by atoms with Crippen molar-refractivity contribution < 1.29 is 13.2 Å². The molecule has 2 aromatic rings. The highest BCUT2D eigenvalue weighted by Gasteiger charge is 2.08. The zero-order valence-corrected chi connectivity index (χ0v) is 12.4. The van der Waals surface area contributed by atoms with Gasteiger partial charge in [0.25, 0.3) is 0 Å². The third kappa shape index (κ3) is 4.14. The number of halogens is 1. The zero-order valence-electron chi connectivity index (χ0n) is 10.8. The molecule has 0 aliphatic heterocycles. The Morgan fingerprint density at radius 2 is 2.25 bits per heavy atom. The molecule has 8 heteroatoms. The summed E-state index contributed by atoms with van der Waals surface area (Å²) >= 11 is 5.84.